The maximum absolute atomic E-state index is 11.5. The molecule has 112 valence electrons. The van der Waals surface area contributed by atoms with Gasteiger partial charge in [0, 0.05) is 43.8 Å². The fourth-order valence-corrected chi connectivity index (χ4v) is 1.93. The van der Waals surface area contributed by atoms with Gasteiger partial charge < -0.3 is 20.1 Å². The lowest BCUT2D eigenvalue weighted by Gasteiger charge is -2.11. The van der Waals surface area contributed by atoms with Gasteiger partial charge in [0.2, 0.25) is 5.91 Å². The first kappa shape index (κ1) is 16.8. The van der Waals surface area contributed by atoms with Crippen LogP contribution in [0.1, 0.15) is 12.0 Å². The molecule has 6 heteroatoms. The van der Waals surface area contributed by atoms with Gasteiger partial charge in [-0.15, -0.1) is 0 Å². The van der Waals surface area contributed by atoms with Crippen molar-refractivity contribution in [3.8, 4) is 5.75 Å². The molecule has 0 aliphatic carbocycles. The Kier molecular flexibility index (Phi) is 8.02. The lowest BCUT2D eigenvalue weighted by atomic mass is 10.2. The van der Waals surface area contributed by atoms with Crippen molar-refractivity contribution < 1.29 is 14.3 Å². The van der Waals surface area contributed by atoms with Gasteiger partial charge in [0.05, 0.1) is 13.7 Å². The molecule has 0 heterocycles. The number of carbonyl (C=O) groups is 1. The Labute approximate surface area is 124 Å². The number of ether oxygens (including phenoxy) is 2. The van der Waals surface area contributed by atoms with E-state index >= 15 is 0 Å². The van der Waals surface area contributed by atoms with E-state index in [1.54, 1.807) is 14.2 Å². The van der Waals surface area contributed by atoms with Gasteiger partial charge in [-0.25, -0.2) is 0 Å². The highest BCUT2D eigenvalue weighted by Crippen LogP contribution is 2.25. The smallest absolute Gasteiger partial charge is 0.221 e. The molecule has 20 heavy (non-hydrogen) atoms. The third-order valence-corrected chi connectivity index (χ3v) is 3.11. The van der Waals surface area contributed by atoms with E-state index in [4.69, 9.17) is 21.1 Å². The van der Waals surface area contributed by atoms with E-state index < -0.39 is 0 Å². The molecule has 0 saturated heterocycles. The van der Waals surface area contributed by atoms with Crippen LogP contribution < -0.4 is 15.4 Å². The molecule has 0 unspecified atom stereocenters. The maximum atomic E-state index is 11.5. The van der Waals surface area contributed by atoms with Gasteiger partial charge in [0.15, 0.2) is 0 Å². The summed E-state index contributed by atoms with van der Waals surface area (Å²) in [6.07, 6.45) is 0.413. The van der Waals surface area contributed by atoms with Crippen LogP contribution in [0.2, 0.25) is 5.02 Å². The Hall–Kier alpha value is -1.30. The van der Waals surface area contributed by atoms with Gasteiger partial charge in [-0.3, -0.25) is 4.79 Å². The standard InChI is InChI=1S/C14H21ClN2O3/c1-19-9-8-17-14(18)6-7-16-10-11-12(15)4-3-5-13(11)20-2/h3-5,16H,6-10H2,1-2H3,(H,17,18). The summed E-state index contributed by atoms with van der Waals surface area (Å²) in [5.41, 5.74) is 0.899. The van der Waals surface area contributed by atoms with Crippen molar-refractivity contribution in [3.63, 3.8) is 0 Å². The van der Waals surface area contributed by atoms with Crippen LogP contribution in [-0.4, -0.2) is 39.8 Å². The van der Waals surface area contributed by atoms with Gasteiger partial charge in [0.25, 0.3) is 0 Å². The van der Waals surface area contributed by atoms with Crippen LogP contribution in [0.15, 0.2) is 18.2 Å². The number of methoxy groups -OCH3 is 2. The fourth-order valence-electron chi connectivity index (χ4n) is 1.70. The maximum Gasteiger partial charge on any atom is 0.221 e. The molecule has 1 amide bonds. The predicted octanol–water partition coefficient (Wildman–Crippen LogP) is 1.59. The molecule has 0 radical (unpaired) electrons. The van der Waals surface area contributed by atoms with Crippen molar-refractivity contribution >= 4 is 17.5 Å². The summed E-state index contributed by atoms with van der Waals surface area (Å²) >= 11 is 6.12. The normalized spacial score (nSPS) is 10.3. The number of rotatable bonds is 9. The minimum atomic E-state index is 0.000624. The first-order valence-electron chi connectivity index (χ1n) is 6.46. The van der Waals surface area contributed by atoms with Crippen LogP contribution in [-0.2, 0) is 16.1 Å². The summed E-state index contributed by atoms with van der Waals surface area (Å²) in [6, 6.07) is 5.52. The monoisotopic (exact) mass is 300 g/mol. The van der Waals surface area contributed by atoms with Crippen LogP contribution >= 0.6 is 11.6 Å². The van der Waals surface area contributed by atoms with E-state index in [-0.39, 0.29) is 5.91 Å². The molecular weight excluding hydrogens is 280 g/mol. The number of hydrogen-bond donors (Lipinski definition) is 2. The zero-order valence-electron chi connectivity index (χ0n) is 11.9. The van der Waals surface area contributed by atoms with Crippen LogP contribution in [0.25, 0.3) is 0 Å². The molecule has 0 saturated carbocycles. The van der Waals surface area contributed by atoms with Crippen molar-refractivity contribution in [2.75, 3.05) is 33.9 Å². The quantitative estimate of drug-likeness (QED) is 0.680. The van der Waals surface area contributed by atoms with Crippen molar-refractivity contribution in [2.45, 2.75) is 13.0 Å². The van der Waals surface area contributed by atoms with Crippen LogP contribution in [0.4, 0.5) is 0 Å². The molecule has 0 spiro atoms. The molecule has 1 rings (SSSR count). The van der Waals surface area contributed by atoms with Crippen LogP contribution in [0, 0.1) is 0 Å². The Bertz CT molecular complexity index is 427. The molecule has 0 aromatic heterocycles. The Morgan fingerprint density at radius 1 is 1.30 bits per heavy atom. The Morgan fingerprint density at radius 3 is 2.80 bits per heavy atom. The third kappa shape index (κ3) is 5.77. The zero-order valence-corrected chi connectivity index (χ0v) is 12.6. The number of nitrogens with one attached hydrogen (secondary N) is 2. The molecule has 2 N–H and O–H groups in total. The molecule has 0 fully saturated rings. The molecule has 0 atom stereocenters. The number of benzene rings is 1. The van der Waals surface area contributed by atoms with Gasteiger partial charge in [0.1, 0.15) is 5.75 Å². The second-order valence-corrected chi connectivity index (χ2v) is 4.60. The lowest BCUT2D eigenvalue weighted by molar-refractivity contribution is -0.121. The topological polar surface area (TPSA) is 59.6 Å². The number of amides is 1. The predicted molar refractivity (Wildman–Crippen MR) is 79.2 cm³/mol. The third-order valence-electron chi connectivity index (χ3n) is 2.75. The van der Waals surface area contributed by atoms with Crippen molar-refractivity contribution in [1.29, 1.82) is 0 Å². The minimum absolute atomic E-state index is 0.000624. The second kappa shape index (κ2) is 9.58. The van der Waals surface area contributed by atoms with Gasteiger partial charge >= 0.3 is 0 Å². The lowest BCUT2D eigenvalue weighted by Crippen LogP contribution is -2.30. The summed E-state index contributed by atoms with van der Waals surface area (Å²) in [5.74, 6) is 0.746. The molecule has 1 aromatic carbocycles. The highest BCUT2D eigenvalue weighted by atomic mass is 35.5. The number of hydrogen-bond acceptors (Lipinski definition) is 4. The molecule has 0 aliphatic heterocycles. The van der Waals surface area contributed by atoms with Crippen molar-refractivity contribution in [1.82, 2.24) is 10.6 Å². The van der Waals surface area contributed by atoms with Gasteiger partial charge in [-0.2, -0.15) is 0 Å². The number of carbonyl (C=O) groups excluding carboxylic acids is 1. The number of halogens is 1. The second-order valence-electron chi connectivity index (χ2n) is 4.19. The molecule has 5 nitrogen and oxygen atoms in total. The average Bonchev–Trinajstić information content (AvgIpc) is 2.45. The van der Waals surface area contributed by atoms with E-state index in [1.807, 2.05) is 18.2 Å². The van der Waals surface area contributed by atoms with E-state index in [0.29, 0.717) is 37.7 Å². The largest absolute Gasteiger partial charge is 0.496 e. The highest BCUT2D eigenvalue weighted by Gasteiger charge is 2.07. The zero-order chi connectivity index (χ0) is 14.8. The van der Waals surface area contributed by atoms with E-state index in [9.17, 15) is 4.79 Å². The first-order chi connectivity index (χ1) is 9.69. The van der Waals surface area contributed by atoms with E-state index in [1.165, 1.54) is 0 Å². The van der Waals surface area contributed by atoms with Crippen LogP contribution in [0.3, 0.4) is 0 Å². The molecule has 0 aliphatic rings. The van der Waals surface area contributed by atoms with E-state index in [0.717, 1.165) is 11.3 Å². The first-order valence-corrected chi connectivity index (χ1v) is 6.84. The minimum Gasteiger partial charge on any atom is -0.496 e. The SMILES string of the molecule is COCCNC(=O)CCNCc1c(Cl)cccc1OC. The van der Waals surface area contributed by atoms with Crippen molar-refractivity contribution in [3.05, 3.63) is 28.8 Å². The molecular formula is C14H21ClN2O3. The summed E-state index contributed by atoms with van der Waals surface area (Å²) in [5, 5.41) is 6.60. The van der Waals surface area contributed by atoms with Gasteiger partial charge in [-0.05, 0) is 12.1 Å². The van der Waals surface area contributed by atoms with Gasteiger partial charge in [-0.1, -0.05) is 17.7 Å². The van der Waals surface area contributed by atoms with Crippen LogP contribution in [0.5, 0.6) is 5.75 Å². The van der Waals surface area contributed by atoms with Crippen molar-refractivity contribution in [2.24, 2.45) is 0 Å². The Morgan fingerprint density at radius 2 is 2.10 bits per heavy atom. The summed E-state index contributed by atoms with van der Waals surface area (Å²) < 4.78 is 10.1. The van der Waals surface area contributed by atoms with E-state index in [2.05, 4.69) is 10.6 Å². The Balaban J connectivity index is 2.29. The molecule has 1 aromatic rings. The highest BCUT2D eigenvalue weighted by molar-refractivity contribution is 6.31. The summed E-state index contributed by atoms with van der Waals surface area (Å²) in [4.78, 5) is 11.5. The summed E-state index contributed by atoms with van der Waals surface area (Å²) in [7, 11) is 3.21. The average molecular weight is 301 g/mol. The fraction of sp³-hybridized carbons (Fsp3) is 0.500. The summed E-state index contributed by atoms with van der Waals surface area (Å²) in [6.45, 7) is 2.20. The molecule has 0 bridgehead atoms.